The van der Waals surface area contributed by atoms with Crippen LogP contribution in [0.1, 0.15) is 37.4 Å². The third-order valence-electron chi connectivity index (χ3n) is 4.92. The van der Waals surface area contributed by atoms with E-state index < -0.39 is 11.6 Å². The summed E-state index contributed by atoms with van der Waals surface area (Å²) in [5.41, 5.74) is 6.89. The van der Waals surface area contributed by atoms with Gasteiger partial charge in [0, 0.05) is 19.6 Å². The maximum absolute atomic E-state index is 12.2. The Morgan fingerprint density at radius 2 is 2.00 bits per heavy atom. The largest absolute Gasteiger partial charge is 0.368 e. The molecule has 25 heavy (non-hydrogen) atoms. The number of rotatable bonds is 5. The second-order valence-electron chi connectivity index (χ2n) is 7.16. The van der Waals surface area contributed by atoms with Crippen molar-refractivity contribution in [2.45, 2.75) is 38.3 Å². The third kappa shape index (κ3) is 3.24. The van der Waals surface area contributed by atoms with Crippen molar-refractivity contribution in [3.8, 4) is 0 Å². The van der Waals surface area contributed by atoms with Gasteiger partial charge in [-0.15, -0.1) is 0 Å². The minimum Gasteiger partial charge on any atom is -0.368 e. The Morgan fingerprint density at radius 3 is 2.64 bits per heavy atom. The van der Waals surface area contributed by atoms with E-state index in [1.165, 1.54) is 4.90 Å². The third-order valence-corrected chi connectivity index (χ3v) is 4.92. The molecule has 1 aromatic carbocycles. The number of imide groups is 1. The standard InChI is InChI=1S/C18H24N4O3/c1-18(2)16(24)22(17(25)20-18)10-5-9-21-11-8-12-6-3-4-7-13(12)14(21)15(19)23/h3-4,6-7,14H,5,8-11H2,1-2H3,(H2,19,23)(H,20,25). The first-order chi connectivity index (χ1) is 11.8. The summed E-state index contributed by atoms with van der Waals surface area (Å²) < 4.78 is 0. The summed E-state index contributed by atoms with van der Waals surface area (Å²) in [6, 6.07) is 7.03. The van der Waals surface area contributed by atoms with Crippen molar-refractivity contribution in [1.82, 2.24) is 15.1 Å². The lowest BCUT2D eigenvalue weighted by atomic mass is 9.92. The van der Waals surface area contributed by atoms with Crippen molar-refractivity contribution in [2.24, 2.45) is 5.73 Å². The second-order valence-corrected chi connectivity index (χ2v) is 7.16. The molecule has 7 heteroatoms. The van der Waals surface area contributed by atoms with Crippen molar-refractivity contribution in [3.63, 3.8) is 0 Å². The molecule has 1 fully saturated rings. The topological polar surface area (TPSA) is 95.7 Å². The fourth-order valence-electron chi connectivity index (χ4n) is 3.65. The van der Waals surface area contributed by atoms with Gasteiger partial charge < -0.3 is 11.1 Å². The van der Waals surface area contributed by atoms with Crippen LogP contribution in [0.15, 0.2) is 24.3 Å². The zero-order valence-electron chi connectivity index (χ0n) is 14.6. The first kappa shape index (κ1) is 17.4. The molecule has 0 bridgehead atoms. The van der Waals surface area contributed by atoms with Crippen molar-refractivity contribution >= 4 is 17.8 Å². The molecule has 1 saturated heterocycles. The lowest BCUT2D eigenvalue weighted by Crippen LogP contribution is -2.44. The summed E-state index contributed by atoms with van der Waals surface area (Å²) in [6.07, 6.45) is 1.46. The number of hydrogen-bond donors (Lipinski definition) is 2. The Bertz CT molecular complexity index is 716. The van der Waals surface area contributed by atoms with E-state index in [0.717, 1.165) is 24.1 Å². The molecule has 2 aliphatic rings. The molecule has 1 atom stereocenters. The highest BCUT2D eigenvalue weighted by Crippen LogP contribution is 2.29. The highest BCUT2D eigenvalue weighted by Gasteiger charge is 2.43. The van der Waals surface area contributed by atoms with Gasteiger partial charge in [-0.2, -0.15) is 0 Å². The van der Waals surface area contributed by atoms with Crippen LogP contribution in [0.2, 0.25) is 0 Å². The van der Waals surface area contributed by atoms with Crippen molar-refractivity contribution in [2.75, 3.05) is 19.6 Å². The van der Waals surface area contributed by atoms with Gasteiger partial charge in [-0.25, -0.2) is 4.79 Å². The smallest absolute Gasteiger partial charge is 0.325 e. The number of nitrogens with two attached hydrogens (primary N) is 1. The van der Waals surface area contributed by atoms with Gasteiger partial charge >= 0.3 is 6.03 Å². The van der Waals surface area contributed by atoms with Crippen molar-refractivity contribution in [1.29, 1.82) is 0 Å². The van der Waals surface area contributed by atoms with E-state index in [1.54, 1.807) is 13.8 Å². The molecule has 1 unspecified atom stereocenters. The summed E-state index contributed by atoms with van der Waals surface area (Å²) >= 11 is 0. The number of nitrogens with one attached hydrogen (secondary N) is 1. The number of hydrogen-bond acceptors (Lipinski definition) is 4. The van der Waals surface area contributed by atoms with E-state index in [2.05, 4.69) is 5.32 Å². The molecule has 0 aliphatic carbocycles. The van der Waals surface area contributed by atoms with Gasteiger partial charge in [0.25, 0.3) is 5.91 Å². The molecule has 0 aromatic heterocycles. The van der Waals surface area contributed by atoms with Gasteiger partial charge in [-0.1, -0.05) is 24.3 Å². The summed E-state index contributed by atoms with van der Waals surface area (Å²) in [5, 5.41) is 2.67. The zero-order valence-corrected chi connectivity index (χ0v) is 14.6. The molecule has 0 radical (unpaired) electrons. The van der Waals surface area contributed by atoms with E-state index in [4.69, 9.17) is 5.73 Å². The molecule has 2 aliphatic heterocycles. The Morgan fingerprint density at radius 1 is 1.28 bits per heavy atom. The van der Waals surface area contributed by atoms with Crippen LogP contribution >= 0.6 is 0 Å². The van der Waals surface area contributed by atoms with Crippen molar-refractivity contribution < 1.29 is 14.4 Å². The Labute approximate surface area is 147 Å². The van der Waals surface area contributed by atoms with Crippen LogP contribution in [-0.4, -0.2) is 52.8 Å². The van der Waals surface area contributed by atoms with Gasteiger partial charge in [0.05, 0.1) is 0 Å². The Kier molecular flexibility index (Phi) is 4.51. The van der Waals surface area contributed by atoms with Gasteiger partial charge in [0.2, 0.25) is 5.91 Å². The van der Waals surface area contributed by atoms with E-state index in [-0.39, 0.29) is 17.8 Å². The van der Waals surface area contributed by atoms with Gasteiger partial charge in [-0.3, -0.25) is 19.4 Å². The lowest BCUT2D eigenvalue weighted by molar-refractivity contribution is -0.130. The molecule has 3 N–H and O–H groups in total. The average Bonchev–Trinajstić information content (AvgIpc) is 2.75. The van der Waals surface area contributed by atoms with Gasteiger partial charge in [0.1, 0.15) is 11.6 Å². The molecule has 7 nitrogen and oxygen atoms in total. The predicted octanol–water partition coefficient (Wildman–Crippen LogP) is 0.792. The van der Waals surface area contributed by atoms with Crippen LogP contribution in [-0.2, 0) is 16.0 Å². The zero-order chi connectivity index (χ0) is 18.2. The first-order valence-electron chi connectivity index (χ1n) is 8.56. The minimum absolute atomic E-state index is 0.215. The molecular weight excluding hydrogens is 320 g/mol. The van der Waals surface area contributed by atoms with E-state index >= 15 is 0 Å². The molecule has 4 amide bonds. The van der Waals surface area contributed by atoms with Crippen LogP contribution in [0.5, 0.6) is 0 Å². The first-order valence-corrected chi connectivity index (χ1v) is 8.56. The monoisotopic (exact) mass is 344 g/mol. The summed E-state index contributed by atoms with van der Waals surface area (Å²) in [5.74, 6) is -0.587. The second kappa shape index (κ2) is 6.48. The average molecular weight is 344 g/mol. The minimum atomic E-state index is -0.850. The normalized spacial score (nSPS) is 22.6. The molecule has 2 heterocycles. The molecule has 0 spiro atoms. The number of carbonyl (C=O) groups excluding carboxylic acids is 3. The molecular formula is C18H24N4O3. The summed E-state index contributed by atoms with van der Waals surface area (Å²) in [7, 11) is 0. The summed E-state index contributed by atoms with van der Waals surface area (Å²) in [6.45, 7) is 5.04. The number of benzene rings is 1. The fourth-order valence-corrected chi connectivity index (χ4v) is 3.65. The van der Waals surface area contributed by atoms with Crippen LogP contribution in [0.3, 0.4) is 0 Å². The molecule has 1 aromatic rings. The predicted molar refractivity (Wildman–Crippen MR) is 92.6 cm³/mol. The SMILES string of the molecule is CC1(C)NC(=O)N(CCCN2CCc3ccccc3C2C(N)=O)C1=O. The molecule has 0 saturated carbocycles. The van der Waals surface area contributed by atoms with E-state index in [1.807, 2.05) is 29.2 Å². The van der Waals surface area contributed by atoms with Gasteiger partial charge in [0.15, 0.2) is 0 Å². The number of fused-ring (bicyclic) bond motifs is 1. The fraction of sp³-hybridized carbons (Fsp3) is 0.500. The van der Waals surface area contributed by atoms with Crippen LogP contribution < -0.4 is 11.1 Å². The number of amides is 4. The number of primary amides is 1. The lowest BCUT2D eigenvalue weighted by Gasteiger charge is -2.35. The maximum atomic E-state index is 12.2. The van der Waals surface area contributed by atoms with Crippen molar-refractivity contribution in [3.05, 3.63) is 35.4 Å². The quantitative estimate of drug-likeness (QED) is 0.772. The van der Waals surface area contributed by atoms with Crippen LogP contribution in [0.4, 0.5) is 4.79 Å². The maximum Gasteiger partial charge on any atom is 0.325 e. The number of carbonyl (C=O) groups is 3. The van der Waals surface area contributed by atoms with Gasteiger partial charge in [-0.05, 0) is 37.8 Å². The molecule has 134 valence electrons. The van der Waals surface area contributed by atoms with E-state index in [0.29, 0.717) is 19.5 Å². The highest BCUT2D eigenvalue weighted by molar-refractivity contribution is 6.06. The highest BCUT2D eigenvalue weighted by atomic mass is 16.2. The number of nitrogens with zero attached hydrogens (tertiary/aromatic N) is 2. The van der Waals surface area contributed by atoms with E-state index in [9.17, 15) is 14.4 Å². The Balaban J connectivity index is 1.65. The molecule has 3 rings (SSSR count). The van der Waals surface area contributed by atoms with Crippen LogP contribution in [0, 0.1) is 0 Å². The number of urea groups is 1. The van der Waals surface area contributed by atoms with Crippen LogP contribution in [0.25, 0.3) is 0 Å². The summed E-state index contributed by atoms with van der Waals surface area (Å²) in [4.78, 5) is 39.4. The Hall–Kier alpha value is -2.41.